The Bertz CT molecular complexity index is 145. The molecule has 0 aliphatic heterocycles. The van der Waals surface area contributed by atoms with Crippen molar-refractivity contribution in [3.63, 3.8) is 0 Å². The van der Waals surface area contributed by atoms with Gasteiger partial charge in [-0.25, -0.2) is 0 Å². The Hall–Kier alpha value is -0.290. The predicted octanol–water partition coefficient (Wildman–Crippen LogP) is 1.86. The van der Waals surface area contributed by atoms with Gasteiger partial charge in [0.05, 0.1) is 6.54 Å². The summed E-state index contributed by atoms with van der Waals surface area (Å²) in [6.45, 7) is 4.32. The lowest BCUT2D eigenvalue weighted by atomic mass is 10.2. The third-order valence-corrected chi connectivity index (χ3v) is 1.70. The van der Waals surface area contributed by atoms with Gasteiger partial charge in [0.1, 0.15) is 0 Å². The molecule has 0 saturated heterocycles. The maximum atomic E-state index is 12.1. The number of alkyl halides is 3. The van der Waals surface area contributed by atoms with E-state index in [4.69, 9.17) is 5.73 Å². The van der Waals surface area contributed by atoms with Crippen molar-refractivity contribution < 1.29 is 13.2 Å². The van der Waals surface area contributed by atoms with Crippen molar-refractivity contribution in [2.75, 3.05) is 26.2 Å². The molecule has 0 radical (unpaired) electrons. The number of nitrogens with two attached hydrogens (primary N) is 1. The van der Waals surface area contributed by atoms with Crippen LogP contribution in [0.1, 0.15) is 20.3 Å². The second kappa shape index (κ2) is 6.24. The molecule has 0 rings (SSSR count). The Morgan fingerprint density at radius 2 is 1.86 bits per heavy atom. The molecule has 86 valence electrons. The highest BCUT2D eigenvalue weighted by Crippen LogP contribution is 2.17. The summed E-state index contributed by atoms with van der Waals surface area (Å²) >= 11 is 0. The van der Waals surface area contributed by atoms with Gasteiger partial charge < -0.3 is 5.73 Å². The lowest BCUT2D eigenvalue weighted by Crippen LogP contribution is -2.37. The van der Waals surface area contributed by atoms with Crippen LogP contribution in [0.15, 0.2) is 0 Å². The van der Waals surface area contributed by atoms with Gasteiger partial charge in [0.25, 0.3) is 0 Å². The van der Waals surface area contributed by atoms with Crippen LogP contribution >= 0.6 is 0 Å². The maximum Gasteiger partial charge on any atom is 0.401 e. The van der Waals surface area contributed by atoms with E-state index in [0.717, 1.165) is 0 Å². The molecule has 0 atom stereocenters. The van der Waals surface area contributed by atoms with Crippen LogP contribution in [0.4, 0.5) is 13.2 Å². The van der Waals surface area contributed by atoms with Crippen molar-refractivity contribution in [3.05, 3.63) is 0 Å². The molecule has 0 aliphatic carbocycles. The Labute approximate surface area is 83.3 Å². The van der Waals surface area contributed by atoms with Crippen molar-refractivity contribution in [2.24, 2.45) is 11.7 Å². The average molecular weight is 212 g/mol. The number of rotatable bonds is 6. The first-order valence-electron chi connectivity index (χ1n) is 4.84. The molecular weight excluding hydrogens is 193 g/mol. The van der Waals surface area contributed by atoms with E-state index in [2.05, 4.69) is 0 Å². The lowest BCUT2D eigenvalue weighted by molar-refractivity contribution is -0.146. The largest absolute Gasteiger partial charge is 0.401 e. The highest BCUT2D eigenvalue weighted by molar-refractivity contribution is 4.65. The Morgan fingerprint density at radius 1 is 1.29 bits per heavy atom. The van der Waals surface area contributed by atoms with E-state index in [-0.39, 0.29) is 5.92 Å². The van der Waals surface area contributed by atoms with Crippen molar-refractivity contribution in [1.29, 1.82) is 0 Å². The van der Waals surface area contributed by atoms with Gasteiger partial charge in [-0.05, 0) is 25.4 Å². The fraction of sp³-hybridized carbons (Fsp3) is 1.00. The monoisotopic (exact) mass is 212 g/mol. The van der Waals surface area contributed by atoms with Crippen LogP contribution in [0.5, 0.6) is 0 Å². The van der Waals surface area contributed by atoms with E-state index in [1.54, 1.807) is 0 Å². The zero-order chi connectivity index (χ0) is 11.2. The first kappa shape index (κ1) is 13.7. The van der Waals surface area contributed by atoms with Crippen LogP contribution in [-0.4, -0.2) is 37.3 Å². The van der Waals surface area contributed by atoms with Crippen LogP contribution in [0.3, 0.4) is 0 Å². The topological polar surface area (TPSA) is 29.3 Å². The second-order valence-electron chi connectivity index (χ2n) is 3.89. The van der Waals surface area contributed by atoms with Crippen molar-refractivity contribution in [1.82, 2.24) is 4.90 Å². The molecule has 0 saturated carbocycles. The molecule has 0 spiro atoms. The summed E-state index contributed by atoms with van der Waals surface area (Å²) in [7, 11) is 0. The highest BCUT2D eigenvalue weighted by atomic mass is 19.4. The van der Waals surface area contributed by atoms with Crippen LogP contribution in [0.2, 0.25) is 0 Å². The maximum absolute atomic E-state index is 12.1. The molecule has 14 heavy (non-hydrogen) atoms. The molecule has 0 aromatic carbocycles. The Kier molecular flexibility index (Phi) is 6.11. The molecular formula is C9H19F3N2. The lowest BCUT2D eigenvalue weighted by Gasteiger charge is -2.24. The van der Waals surface area contributed by atoms with Crippen molar-refractivity contribution >= 4 is 0 Å². The van der Waals surface area contributed by atoms with Gasteiger partial charge in [-0.1, -0.05) is 13.8 Å². The third kappa shape index (κ3) is 8.31. The quantitative estimate of drug-likeness (QED) is 0.728. The standard InChI is InChI=1S/C9H19F3N2/c1-8(2)6-14(5-3-4-13)7-9(10,11)12/h8H,3-7,13H2,1-2H3. The second-order valence-corrected chi connectivity index (χ2v) is 3.89. The third-order valence-electron chi connectivity index (χ3n) is 1.70. The van der Waals surface area contributed by atoms with E-state index in [9.17, 15) is 13.2 Å². The summed E-state index contributed by atoms with van der Waals surface area (Å²) < 4.78 is 36.3. The SMILES string of the molecule is CC(C)CN(CCCN)CC(F)(F)F. The summed E-state index contributed by atoms with van der Waals surface area (Å²) in [6.07, 6.45) is -3.49. The van der Waals surface area contributed by atoms with Gasteiger partial charge in [-0.3, -0.25) is 4.90 Å². The van der Waals surface area contributed by atoms with Crippen LogP contribution in [0, 0.1) is 5.92 Å². The Balaban J connectivity index is 3.97. The first-order chi connectivity index (χ1) is 6.35. The van der Waals surface area contributed by atoms with Gasteiger partial charge in [0.15, 0.2) is 0 Å². The summed E-state index contributed by atoms with van der Waals surface area (Å²) in [4.78, 5) is 1.41. The van der Waals surface area contributed by atoms with E-state index >= 15 is 0 Å². The van der Waals surface area contributed by atoms with Gasteiger partial charge in [-0.15, -0.1) is 0 Å². The van der Waals surface area contributed by atoms with E-state index in [0.29, 0.717) is 26.1 Å². The van der Waals surface area contributed by atoms with E-state index in [1.807, 2.05) is 13.8 Å². The molecule has 0 unspecified atom stereocenters. The van der Waals surface area contributed by atoms with Gasteiger partial charge in [0.2, 0.25) is 0 Å². The smallest absolute Gasteiger partial charge is 0.330 e. The minimum absolute atomic E-state index is 0.245. The van der Waals surface area contributed by atoms with E-state index < -0.39 is 12.7 Å². The van der Waals surface area contributed by atoms with Crippen LogP contribution < -0.4 is 5.73 Å². The zero-order valence-electron chi connectivity index (χ0n) is 8.77. The van der Waals surface area contributed by atoms with Gasteiger partial charge in [-0.2, -0.15) is 13.2 Å². The zero-order valence-corrected chi connectivity index (χ0v) is 8.77. The molecule has 0 bridgehead atoms. The number of halogens is 3. The Morgan fingerprint density at radius 3 is 2.21 bits per heavy atom. The summed E-state index contributed by atoms with van der Waals surface area (Å²) in [6, 6.07) is 0. The van der Waals surface area contributed by atoms with E-state index in [1.165, 1.54) is 4.90 Å². The molecule has 0 aromatic heterocycles. The fourth-order valence-corrected chi connectivity index (χ4v) is 1.32. The number of hydrogen-bond acceptors (Lipinski definition) is 2. The minimum Gasteiger partial charge on any atom is -0.330 e. The van der Waals surface area contributed by atoms with Crippen molar-refractivity contribution in [3.8, 4) is 0 Å². The molecule has 0 amide bonds. The number of nitrogens with zero attached hydrogens (tertiary/aromatic N) is 1. The first-order valence-corrected chi connectivity index (χ1v) is 4.84. The average Bonchev–Trinajstić information content (AvgIpc) is 1.96. The van der Waals surface area contributed by atoms with Gasteiger partial charge in [0, 0.05) is 6.54 Å². The molecule has 0 aromatic rings. The molecule has 0 fully saturated rings. The molecule has 0 aliphatic rings. The number of hydrogen-bond donors (Lipinski definition) is 1. The molecule has 5 heteroatoms. The summed E-state index contributed by atoms with van der Waals surface area (Å²) in [5.74, 6) is 0.245. The summed E-state index contributed by atoms with van der Waals surface area (Å²) in [5, 5.41) is 0. The van der Waals surface area contributed by atoms with Crippen LogP contribution in [-0.2, 0) is 0 Å². The normalized spacial score (nSPS) is 12.9. The van der Waals surface area contributed by atoms with Gasteiger partial charge >= 0.3 is 6.18 Å². The molecule has 2 nitrogen and oxygen atoms in total. The fourth-order valence-electron chi connectivity index (χ4n) is 1.32. The summed E-state index contributed by atoms with van der Waals surface area (Å²) in [5.41, 5.74) is 5.26. The minimum atomic E-state index is -4.11. The highest BCUT2D eigenvalue weighted by Gasteiger charge is 2.30. The van der Waals surface area contributed by atoms with Crippen molar-refractivity contribution in [2.45, 2.75) is 26.4 Å². The van der Waals surface area contributed by atoms with Crippen LogP contribution in [0.25, 0.3) is 0 Å². The predicted molar refractivity (Wildman–Crippen MR) is 51.0 cm³/mol. The molecule has 2 N–H and O–H groups in total. The molecule has 0 heterocycles.